The van der Waals surface area contributed by atoms with Gasteiger partial charge in [-0.05, 0) is 11.6 Å². The molecule has 0 bridgehead atoms. The Morgan fingerprint density at radius 2 is 2.23 bits per heavy atom. The van der Waals surface area contributed by atoms with E-state index in [1.54, 1.807) is 0 Å². The number of ether oxygens (including phenoxy) is 1. The molecule has 0 aromatic carbocycles. The van der Waals surface area contributed by atoms with E-state index in [0.29, 0.717) is 0 Å². The van der Waals surface area contributed by atoms with Crippen molar-refractivity contribution in [1.29, 1.82) is 0 Å². The molecule has 0 atom stereocenters. The summed E-state index contributed by atoms with van der Waals surface area (Å²) in [6.07, 6.45) is 0. The molecule has 0 aliphatic rings. The van der Waals surface area contributed by atoms with Crippen molar-refractivity contribution in [2.24, 2.45) is 0 Å². The minimum atomic E-state index is -1.29. The second-order valence-electron chi connectivity index (χ2n) is 2.09. The first kappa shape index (κ1) is 9.60. The van der Waals surface area contributed by atoms with Gasteiger partial charge in [0.05, 0.1) is 7.11 Å². The summed E-state index contributed by atoms with van der Waals surface area (Å²) in [5, 5.41) is 8.18. The van der Waals surface area contributed by atoms with Crippen LogP contribution in [0.15, 0.2) is 10.5 Å². The first-order chi connectivity index (χ1) is 6.06. The van der Waals surface area contributed by atoms with Crippen LogP contribution in [0.3, 0.4) is 0 Å². The van der Waals surface area contributed by atoms with Crippen LogP contribution in [0.5, 0.6) is 0 Å². The van der Waals surface area contributed by atoms with Gasteiger partial charge in [0, 0.05) is 6.07 Å². The maximum Gasteiger partial charge on any atom is 0.371 e. The number of halogens is 1. The molecule has 13 heavy (non-hydrogen) atoms. The predicted molar refractivity (Wildman–Crippen MR) is 42.0 cm³/mol. The van der Waals surface area contributed by atoms with E-state index >= 15 is 0 Å². The number of carbonyl (C=O) groups is 2. The van der Waals surface area contributed by atoms with Crippen LogP contribution in [0.1, 0.15) is 20.9 Å². The standard InChI is InChI=1S/C7H5ClO5/c1-12-7(11)3-2-4(6(9)10)13-5(3)8/h2H,1H3,(H,9,10). The van der Waals surface area contributed by atoms with Crippen LogP contribution in [0.2, 0.25) is 5.22 Å². The topological polar surface area (TPSA) is 76.7 Å². The van der Waals surface area contributed by atoms with Gasteiger partial charge in [-0.2, -0.15) is 0 Å². The highest BCUT2D eigenvalue weighted by Gasteiger charge is 2.19. The third-order valence-electron chi connectivity index (χ3n) is 1.30. The summed E-state index contributed by atoms with van der Waals surface area (Å²) in [5.74, 6) is -2.43. The average molecular weight is 205 g/mol. The molecule has 1 heterocycles. The zero-order valence-electron chi connectivity index (χ0n) is 6.54. The molecule has 0 unspecified atom stereocenters. The fourth-order valence-electron chi connectivity index (χ4n) is 0.723. The molecule has 0 fully saturated rings. The molecule has 0 saturated heterocycles. The fraction of sp³-hybridized carbons (Fsp3) is 0.143. The van der Waals surface area contributed by atoms with Gasteiger partial charge in [0.25, 0.3) is 0 Å². The minimum Gasteiger partial charge on any atom is -0.475 e. The molecule has 0 radical (unpaired) electrons. The highest BCUT2D eigenvalue weighted by molar-refractivity contribution is 6.32. The van der Waals surface area contributed by atoms with Crippen LogP contribution < -0.4 is 0 Å². The Bertz CT molecular complexity index is 354. The Balaban J connectivity index is 3.10. The van der Waals surface area contributed by atoms with E-state index in [1.165, 1.54) is 0 Å². The number of methoxy groups -OCH3 is 1. The summed E-state index contributed by atoms with van der Waals surface area (Å²) >= 11 is 5.43. The lowest BCUT2D eigenvalue weighted by atomic mass is 10.3. The van der Waals surface area contributed by atoms with Gasteiger partial charge in [0.15, 0.2) is 0 Å². The quantitative estimate of drug-likeness (QED) is 0.738. The van der Waals surface area contributed by atoms with E-state index in [4.69, 9.17) is 16.7 Å². The van der Waals surface area contributed by atoms with Crippen LogP contribution >= 0.6 is 11.6 Å². The van der Waals surface area contributed by atoms with E-state index in [9.17, 15) is 9.59 Å². The van der Waals surface area contributed by atoms with E-state index in [2.05, 4.69) is 9.15 Å². The molecule has 70 valence electrons. The molecule has 5 nitrogen and oxygen atoms in total. The predicted octanol–water partition coefficient (Wildman–Crippen LogP) is 1.42. The largest absolute Gasteiger partial charge is 0.475 e. The van der Waals surface area contributed by atoms with Gasteiger partial charge < -0.3 is 14.3 Å². The summed E-state index contributed by atoms with van der Waals surface area (Å²) in [7, 11) is 1.16. The smallest absolute Gasteiger partial charge is 0.371 e. The number of furan rings is 1. The lowest BCUT2D eigenvalue weighted by Gasteiger charge is -1.92. The normalized spacial score (nSPS) is 9.69. The van der Waals surface area contributed by atoms with Crippen LogP contribution in [0.4, 0.5) is 0 Å². The number of aromatic carboxylic acids is 1. The van der Waals surface area contributed by atoms with Gasteiger partial charge in [-0.15, -0.1) is 0 Å². The van der Waals surface area contributed by atoms with E-state index in [-0.39, 0.29) is 10.8 Å². The van der Waals surface area contributed by atoms with Crippen LogP contribution in [0.25, 0.3) is 0 Å². The van der Waals surface area contributed by atoms with Crippen molar-refractivity contribution in [3.8, 4) is 0 Å². The number of esters is 1. The number of hydrogen-bond acceptors (Lipinski definition) is 4. The highest BCUT2D eigenvalue weighted by Crippen LogP contribution is 2.21. The molecule has 0 saturated carbocycles. The second-order valence-corrected chi connectivity index (χ2v) is 2.44. The maximum absolute atomic E-state index is 10.9. The molecule has 1 rings (SSSR count). The summed E-state index contributed by atoms with van der Waals surface area (Å²) < 4.78 is 8.90. The molecule has 0 aliphatic carbocycles. The molecule has 0 amide bonds. The molecule has 0 aliphatic heterocycles. The first-order valence-corrected chi connectivity index (χ1v) is 3.55. The molecule has 0 spiro atoms. The highest BCUT2D eigenvalue weighted by atomic mass is 35.5. The zero-order valence-corrected chi connectivity index (χ0v) is 7.29. The van der Waals surface area contributed by atoms with Gasteiger partial charge in [0.2, 0.25) is 11.0 Å². The lowest BCUT2D eigenvalue weighted by molar-refractivity contribution is 0.0599. The van der Waals surface area contributed by atoms with Crippen molar-refractivity contribution < 1.29 is 23.8 Å². The minimum absolute atomic E-state index is 0.0958. The third kappa shape index (κ3) is 1.81. The first-order valence-electron chi connectivity index (χ1n) is 3.17. The average Bonchev–Trinajstić information content (AvgIpc) is 2.46. The molecular weight excluding hydrogens is 200 g/mol. The number of carbonyl (C=O) groups excluding carboxylic acids is 1. The number of carboxylic acid groups (broad SMARTS) is 1. The Morgan fingerprint density at radius 1 is 1.62 bits per heavy atom. The van der Waals surface area contributed by atoms with Gasteiger partial charge in [-0.1, -0.05) is 0 Å². The number of hydrogen-bond donors (Lipinski definition) is 1. The fourth-order valence-corrected chi connectivity index (χ4v) is 0.938. The van der Waals surface area contributed by atoms with E-state index < -0.39 is 17.7 Å². The Labute approximate surface area is 77.9 Å². The van der Waals surface area contributed by atoms with Crippen LogP contribution in [-0.2, 0) is 4.74 Å². The van der Waals surface area contributed by atoms with Gasteiger partial charge in [-0.3, -0.25) is 0 Å². The molecule has 1 aromatic rings. The summed E-state index contributed by atoms with van der Waals surface area (Å²) in [6, 6.07) is 1.01. The SMILES string of the molecule is COC(=O)c1cc(C(=O)O)oc1Cl. The molecule has 1 aromatic heterocycles. The van der Waals surface area contributed by atoms with Crippen molar-refractivity contribution in [2.45, 2.75) is 0 Å². The molecular formula is C7H5ClO5. The van der Waals surface area contributed by atoms with Crippen LogP contribution in [-0.4, -0.2) is 24.2 Å². The van der Waals surface area contributed by atoms with E-state index in [1.807, 2.05) is 0 Å². The summed E-state index contributed by atoms with van der Waals surface area (Å²) in [4.78, 5) is 21.3. The molecule has 1 N–H and O–H groups in total. The number of rotatable bonds is 2. The molecule has 6 heteroatoms. The van der Waals surface area contributed by atoms with Crippen molar-refractivity contribution >= 4 is 23.5 Å². The van der Waals surface area contributed by atoms with Gasteiger partial charge in [0.1, 0.15) is 5.56 Å². The Morgan fingerprint density at radius 3 is 2.62 bits per heavy atom. The number of carboxylic acids is 1. The zero-order chi connectivity index (χ0) is 10.0. The Hall–Kier alpha value is -1.49. The summed E-state index contributed by atoms with van der Waals surface area (Å²) in [6.45, 7) is 0. The van der Waals surface area contributed by atoms with E-state index in [0.717, 1.165) is 13.2 Å². The van der Waals surface area contributed by atoms with Crippen LogP contribution in [0, 0.1) is 0 Å². The van der Waals surface area contributed by atoms with Gasteiger partial charge >= 0.3 is 11.9 Å². The maximum atomic E-state index is 10.9. The Kier molecular flexibility index (Phi) is 2.57. The van der Waals surface area contributed by atoms with Crippen molar-refractivity contribution in [2.75, 3.05) is 7.11 Å². The van der Waals surface area contributed by atoms with Crippen molar-refractivity contribution in [1.82, 2.24) is 0 Å². The second kappa shape index (κ2) is 3.49. The summed E-state index contributed by atoms with van der Waals surface area (Å²) in [5.41, 5.74) is -0.0958. The van der Waals surface area contributed by atoms with Crippen molar-refractivity contribution in [3.05, 3.63) is 22.6 Å². The lowest BCUT2D eigenvalue weighted by Crippen LogP contribution is -2.00. The monoisotopic (exact) mass is 204 g/mol. The third-order valence-corrected chi connectivity index (χ3v) is 1.58. The van der Waals surface area contributed by atoms with Crippen molar-refractivity contribution in [3.63, 3.8) is 0 Å². The van der Waals surface area contributed by atoms with Gasteiger partial charge in [-0.25, -0.2) is 9.59 Å².